The van der Waals surface area contributed by atoms with E-state index in [9.17, 15) is 49.7 Å². The van der Waals surface area contributed by atoms with Gasteiger partial charge in [0.25, 0.3) is 0 Å². The fourth-order valence-corrected chi connectivity index (χ4v) is 12.1. The summed E-state index contributed by atoms with van der Waals surface area (Å²) in [7, 11) is 1.50. The smallest absolute Gasteiger partial charge is 0.388 e. The Kier molecular flexibility index (Phi) is 37.9. The van der Waals surface area contributed by atoms with Gasteiger partial charge in [-0.1, -0.05) is 118 Å². The molecule has 0 aliphatic heterocycles. The molecule has 28 nitrogen and oxygen atoms in total. The van der Waals surface area contributed by atoms with Crippen LogP contribution in [0.3, 0.4) is 0 Å². The zero-order valence-electron chi connectivity index (χ0n) is 63.5. The lowest BCUT2D eigenvalue weighted by atomic mass is 10.2. The summed E-state index contributed by atoms with van der Waals surface area (Å²) in [6.07, 6.45) is 6.38. The van der Waals surface area contributed by atoms with Crippen molar-refractivity contribution in [3.63, 3.8) is 0 Å². The SMILES string of the molecule is CCS(=O)(=O)Cl.Cc1nc2c(Cl)cc(Cl)nc2n1Cc1ccc(F)cc1F.Cc1nc2c(Cl)cc(Cl)nc2n1Cc1ccc(F)cc1F.Cc1nc2c([nH]1)c(Cl)cc[n+]2O.Cc1nc2c(ccc[n+]2O)[nH]1.Cc1nc2nc(Cl)cc(Cl)c2[nH]1.Cc1nc2nccc(Cl)c2[nH]1.Cc1nc2ncccc2[nH]1.Fc1ccc(CCl)c(F)c1.N.O.O=P(Cl)(Cl)Cl. The lowest BCUT2D eigenvalue weighted by Gasteiger charge is -2.08. The molecule has 0 fully saturated rings. The number of H-pyrrole nitrogens is 5. The molecule has 0 bridgehead atoms. The minimum Gasteiger partial charge on any atom is -0.412 e. The zero-order chi connectivity index (χ0) is 87.7. The summed E-state index contributed by atoms with van der Waals surface area (Å²) >= 11 is 66.4. The molecule has 0 atom stereocenters. The van der Waals surface area contributed by atoms with Crippen LogP contribution >= 0.6 is 154 Å². The summed E-state index contributed by atoms with van der Waals surface area (Å²) in [4.78, 5) is 64.6. The first-order valence-corrected chi connectivity index (χ1v) is 44.0. The van der Waals surface area contributed by atoms with Gasteiger partial charge >= 0.3 is 16.5 Å². The molecule has 642 valence electrons. The van der Waals surface area contributed by atoms with Gasteiger partial charge in [0, 0.05) is 77.9 Å². The largest absolute Gasteiger partial charge is 0.412 e. The summed E-state index contributed by atoms with van der Waals surface area (Å²) in [6, 6.07) is 25.6. The third kappa shape index (κ3) is 29.6. The second-order valence-electron chi connectivity index (χ2n) is 24.2. The second kappa shape index (κ2) is 45.4. The first kappa shape index (κ1) is 101. The van der Waals surface area contributed by atoms with Crippen LogP contribution in [-0.2, 0) is 32.6 Å². The molecule has 0 saturated heterocycles. The lowest BCUT2D eigenvalue weighted by Crippen LogP contribution is -2.30. The van der Waals surface area contributed by atoms with Crippen LogP contribution in [-0.4, -0.2) is 124 Å². The van der Waals surface area contributed by atoms with E-state index in [0.29, 0.717) is 109 Å². The molecule has 0 saturated carbocycles. The van der Waals surface area contributed by atoms with Gasteiger partial charge in [-0.15, -0.1) is 11.6 Å². The number of halogens is 19. The molecule has 0 unspecified atom stereocenters. The van der Waals surface area contributed by atoms with Crippen molar-refractivity contribution < 1.29 is 64.7 Å². The molecule has 17 aromatic rings. The highest BCUT2D eigenvalue weighted by molar-refractivity contribution is 8.24. The molecule has 0 amide bonds. The molecular formula is C72H66Cl13F6N22O6PS+2. The van der Waals surface area contributed by atoms with Crippen LogP contribution in [0.4, 0.5) is 26.3 Å². The number of pyridine rings is 7. The maximum atomic E-state index is 13.8. The average molecular weight is 1970 g/mol. The van der Waals surface area contributed by atoms with Crippen LogP contribution in [0.2, 0.25) is 40.6 Å². The number of alkyl halides is 1. The summed E-state index contributed by atoms with van der Waals surface area (Å²) in [6.45, 7) is 14.6. The number of imidazole rings is 7. The number of benzene rings is 3. The van der Waals surface area contributed by atoms with E-state index in [1.54, 1.807) is 72.8 Å². The van der Waals surface area contributed by atoms with E-state index in [-0.39, 0.29) is 46.7 Å². The maximum Gasteiger partial charge on any atom is 0.388 e. The normalized spacial score (nSPS) is 10.8. The molecule has 3 aromatic carbocycles. The number of fused-ring (bicyclic) bond motifs is 7. The quantitative estimate of drug-likeness (QED) is 0.0146. The second-order valence-corrected chi connectivity index (χ2v) is 37.3. The predicted molar refractivity (Wildman–Crippen MR) is 463 cm³/mol. The van der Waals surface area contributed by atoms with Crippen molar-refractivity contribution >= 4 is 241 Å². The number of nitrogens with one attached hydrogen (secondary N) is 5. The fourth-order valence-electron chi connectivity index (χ4n) is 10.1. The highest BCUT2D eigenvalue weighted by Gasteiger charge is 2.20. The molecule has 0 spiro atoms. The Bertz CT molecular complexity index is 6330. The predicted octanol–water partition coefficient (Wildman–Crippen LogP) is 21.4. The van der Waals surface area contributed by atoms with Gasteiger partial charge in [0.15, 0.2) is 33.8 Å². The molecule has 17 rings (SSSR count). The first-order chi connectivity index (χ1) is 55.9. The van der Waals surface area contributed by atoms with Crippen molar-refractivity contribution in [2.24, 2.45) is 0 Å². The molecule has 14 heterocycles. The zero-order valence-corrected chi connectivity index (χ0v) is 75.1. The van der Waals surface area contributed by atoms with Crippen molar-refractivity contribution in [2.75, 3.05) is 5.75 Å². The van der Waals surface area contributed by atoms with Crippen molar-refractivity contribution in [1.29, 1.82) is 0 Å². The van der Waals surface area contributed by atoms with Crippen LogP contribution in [0, 0.1) is 83.4 Å². The number of nitrogens with zero attached hydrogens (tertiary/aromatic N) is 16. The molecule has 12 N–H and O–H groups in total. The highest BCUT2D eigenvalue weighted by Crippen LogP contribution is 2.61. The number of aromatic amines is 5. The van der Waals surface area contributed by atoms with Gasteiger partial charge in [-0.3, -0.25) is 4.57 Å². The molecular weight excluding hydrogens is 1910 g/mol. The molecule has 121 heavy (non-hydrogen) atoms. The standard InChI is InChI=1S/2C14H9Cl2F2N3.C7H5Cl2N3.C7H5ClF2.C7H6ClN3O.C7H6ClN3.C7H7N3O.C7H7N3.C2H5ClO2S.Cl3OP.H3N.H2O/c2*1-7-19-13-10(15)5-12(16)20-14(13)21(7)6-8-2-3-9(17)4-11(8)18;1-3-10-6-4(8)2-5(9)12-7(6)11-3;8-4-5-1-2-6(9)3-7(5)10;1-4-9-6-5(8)2-3-11(12)7(6)10-4;1-4-10-6-5(8)2-3-9-7(6)11-4;1-5-8-6-3-2-4-10(11)7(6)9-5;1-5-9-6-3-2-4-8-7(6)10-5;1-2-6(3,4)5;1-5(2,3)4;;/h2*2-5H,6H2,1H3;2H,1H3,(H,10,11,12);1-3H,4H2;2-3,12H,1H3;2-3H,1H3,(H,9,10,11);2-4,11H,1H3;2-4H,1H3,(H,8,9,10);2H2,1H3;;1H3;1H2/p+2. The van der Waals surface area contributed by atoms with Gasteiger partial charge in [0.05, 0.1) is 55.4 Å². The van der Waals surface area contributed by atoms with E-state index in [1.807, 2.05) is 45.9 Å². The Labute approximate surface area is 746 Å². The molecule has 0 radical (unpaired) electrons. The summed E-state index contributed by atoms with van der Waals surface area (Å²) in [5.41, 5.74) is 9.99. The molecule has 0 aliphatic carbocycles. The van der Waals surface area contributed by atoms with Crippen LogP contribution < -0.4 is 15.6 Å². The van der Waals surface area contributed by atoms with Gasteiger partial charge < -0.3 is 56.1 Å². The van der Waals surface area contributed by atoms with E-state index in [4.69, 9.17) is 104 Å². The van der Waals surface area contributed by atoms with Crippen LogP contribution in [0.15, 0.2) is 134 Å². The van der Waals surface area contributed by atoms with Gasteiger partial charge in [-0.2, -0.15) is 0 Å². The Morgan fingerprint density at radius 1 is 0.446 bits per heavy atom. The monoisotopic (exact) mass is 1970 g/mol. The number of hydrogen-bond acceptors (Lipinski definition) is 18. The summed E-state index contributed by atoms with van der Waals surface area (Å²) in [5.74, 6) is 1.72. The van der Waals surface area contributed by atoms with Gasteiger partial charge in [0.1, 0.15) is 119 Å². The van der Waals surface area contributed by atoms with Gasteiger partial charge in [0.2, 0.25) is 20.7 Å². The number of aryl methyl sites for hydroxylation is 7. The Hall–Kier alpha value is -8.95. The first-order valence-electron chi connectivity index (χ1n) is 33.6. The van der Waals surface area contributed by atoms with E-state index in [1.165, 1.54) is 61.7 Å². The third-order valence-electron chi connectivity index (χ3n) is 15.3. The minimum absolute atomic E-state index is 0. The van der Waals surface area contributed by atoms with Crippen molar-refractivity contribution in [3.05, 3.63) is 267 Å². The third-order valence-corrected chi connectivity index (χ3v) is 19.0. The topological polar surface area (TPSA) is 409 Å². The van der Waals surface area contributed by atoms with Crippen molar-refractivity contribution in [3.8, 4) is 0 Å². The van der Waals surface area contributed by atoms with Gasteiger partial charge in [-0.25, -0.2) is 84.6 Å². The highest BCUT2D eigenvalue weighted by atomic mass is 36.0. The number of aromatic nitrogens is 21. The van der Waals surface area contributed by atoms with E-state index < -0.39 is 49.2 Å². The van der Waals surface area contributed by atoms with Crippen LogP contribution in [0.5, 0.6) is 0 Å². The minimum atomic E-state index is -3.22. The maximum absolute atomic E-state index is 13.8. The Morgan fingerprint density at radius 3 is 1.30 bits per heavy atom. The Morgan fingerprint density at radius 2 is 0.835 bits per heavy atom. The fraction of sp³-hybridized carbons (Fsp3) is 0.167. The number of hydrogen-bond donors (Lipinski definition) is 8. The average Bonchev–Trinajstić information content (AvgIpc) is 1.63. The summed E-state index contributed by atoms with van der Waals surface area (Å²) in [5, 5.41) is 18.6. The molecule has 49 heteroatoms. The lowest BCUT2D eigenvalue weighted by molar-refractivity contribution is -0.885. The van der Waals surface area contributed by atoms with E-state index >= 15 is 0 Å². The Balaban J connectivity index is 0.000000213. The van der Waals surface area contributed by atoms with Crippen LogP contribution in [0.1, 0.15) is 64.4 Å². The van der Waals surface area contributed by atoms with E-state index in [0.717, 1.165) is 84.5 Å². The summed E-state index contributed by atoms with van der Waals surface area (Å²) < 4.78 is 113. The van der Waals surface area contributed by atoms with Crippen molar-refractivity contribution in [1.82, 2.24) is 100 Å². The number of rotatable bonds is 6. The molecule has 14 aromatic heterocycles. The molecule has 0 aliphatic rings. The van der Waals surface area contributed by atoms with Gasteiger partial charge in [-0.05, 0) is 154 Å². The van der Waals surface area contributed by atoms with Crippen molar-refractivity contribution in [2.45, 2.75) is 74.4 Å². The van der Waals surface area contributed by atoms with Crippen LogP contribution in [0.25, 0.3) is 78.1 Å². The van der Waals surface area contributed by atoms with E-state index in [2.05, 4.69) is 129 Å².